The lowest BCUT2D eigenvalue weighted by Gasteiger charge is -2.34. The van der Waals surface area contributed by atoms with Crippen LogP contribution in [0.15, 0.2) is 58.3 Å². The third kappa shape index (κ3) is 5.39. The van der Waals surface area contributed by atoms with Gasteiger partial charge < -0.3 is 20.1 Å². The van der Waals surface area contributed by atoms with Gasteiger partial charge in [-0.1, -0.05) is 11.8 Å². The number of benzene rings is 2. The molecule has 27 heavy (non-hydrogen) atoms. The predicted molar refractivity (Wildman–Crippen MR) is 111 cm³/mol. The van der Waals surface area contributed by atoms with Gasteiger partial charge in [0.1, 0.15) is 11.4 Å². The number of ether oxygens (including phenoxy) is 2. The van der Waals surface area contributed by atoms with Gasteiger partial charge in [0.15, 0.2) is 0 Å². The fourth-order valence-electron chi connectivity index (χ4n) is 2.99. The Morgan fingerprint density at radius 1 is 1.00 bits per heavy atom. The van der Waals surface area contributed by atoms with Crippen LogP contribution >= 0.6 is 24.2 Å². The van der Waals surface area contributed by atoms with Crippen molar-refractivity contribution in [3.05, 3.63) is 48.5 Å². The molecule has 2 aromatic carbocycles. The van der Waals surface area contributed by atoms with Crippen LogP contribution in [0.5, 0.6) is 5.75 Å². The Morgan fingerprint density at radius 3 is 2.07 bits per heavy atom. The number of carbonyl (C=O) groups is 1. The summed E-state index contributed by atoms with van der Waals surface area (Å²) in [6.45, 7) is 1.58. The van der Waals surface area contributed by atoms with Gasteiger partial charge in [-0.2, -0.15) is 0 Å². The maximum absolute atomic E-state index is 12.7. The van der Waals surface area contributed by atoms with E-state index in [1.807, 2.05) is 48.5 Å². The lowest BCUT2D eigenvalue weighted by Crippen LogP contribution is -2.51. The van der Waals surface area contributed by atoms with Crippen molar-refractivity contribution in [3.63, 3.8) is 0 Å². The SMILES string of the molecule is COc1ccc(Sc2ccc(NC(=O)C3(OC)CCNCC3)cc2)cc1.Cl. The molecule has 7 heteroatoms. The zero-order valence-electron chi connectivity index (χ0n) is 15.5. The first-order valence-corrected chi connectivity index (χ1v) is 9.46. The number of piperidine rings is 1. The molecule has 5 nitrogen and oxygen atoms in total. The topological polar surface area (TPSA) is 59.6 Å². The standard InChI is InChI=1S/C20H24N2O3S.ClH/c1-24-16-5-9-18(10-6-16)26-17-7-3-15(4-8-17)22-19(23)20(25-2)11-13-21-14-12-20;/h3-10,21H,11-14H2,1-2H3,(H,22,23);1H. The molecule has 2 aromatic rings. The first-order valence-electron chi connectivity index (χ1n) is 8.64. The van der Waals surface area contributed by atoms with Crippen molar-refractivity contribution in [2.75, 3.05) is 32.6 Å². The number of amides is 1. The number of methoxy groups -OCH3 is 2. The Morgan fingerprint density at radius 2 is 1.56 bits per heavy atom. The van der Waals surface area contributed by atoms with E-state index in [1.54, 1.807) is 26.0 Å². The number of hydrogen-bond donors (Lipinski definition) is 2. The molecule has 0 saturated carbocycles. The van der Waals surface area contributed by atoms with Gasteiger partial charge >= 0.3 is 0 Å². The van der Waals surface area contributed by atoms with Crippen LogP contribution in [0.3, 0.4) is 0 Å². The second-order valence-corrected chi connectivity index (χ2v) is 7.35. The maximum Gasteiger partial charge on any atom is 0.256 e. The molecule has 0 spiro atoms. The van der Waals surface area contributed by atoms with E-state index in [1.165, 1.54) is 0 Å². The van der Waals surface area contributed by atoms with Crippen LogP contribution in [0.4, 0.5) is 5.69 Å². The van der Waals surface area contributed by atoms with E-state index in [0.717, 1.165) is 34.3 Å². The number of hydrogen-bond acceptors (Lipinski definition) is 5. The molecule has 0 aliphatic carbocycles. The molecule has 1 heterocycles. The molecule has 0 unspecified atom stereocenters. The van der Waals surface area contributed by atoms with Gasteiger partial charge in [-0.3, -0.25) is 4.79 Å². The Hall–Kier alpha value is -1.73. The van der Waals surface area contributed by atoms with Crippen molar-refractivity contribution in [3.8, 4) is 5.75 Å². The molecule has 1 saturated heterocycles. The van der Waals surface area contributed by atoms with Crippen molar-refractivity contribution in [1.82, 2.24) is 5.32 Å². The molecule has 1 aliphatic heterocycles. The number of nitrogens with one attached hydrogen (secondary N) is 2. The van der Waals surface area contributed by atoms with Crippen LogP contribution in [0.1, 0.15) is 12.8 Å². The second kappa shape index (κ2) is 9.99. The third-order valence-electron chi connectivity index (χ3n) is 4.62. The lowest BCUT2D eigenvalue weighted by molar-refractivity contribution is -0.140. The molecule has 1 fully saturated rings. The molecular weight excluding hydrogens is 384 g/mol. The van der Waals surface area contributed by atoms with E-state index in [2.05, 4.69) is 10.6 Å². The molecule has 2 N–H and O–H groups in total. The number of rotatable bonds is 6. The van der Waals surface area contributed by atoms with E-state index in [4.69, 9.17) is 9.47 Å². The van der Waals surface area contributed by atoms with Crippen LogP contribution in [0, 0.1) is 0 Å². The molecule has 0 radical (unpaired) electrons. The van der Waals surface area contributed by atoms with Crippen molar-refractivity contribution in [2.45, 2.75) is 28.2 Å². The Kier molecular flexibility index (Phi) is 7.98. The molecule has 146 valence electrons. The van der Waals surface area contributed by atoms with Gasteiger partial charge in [-0.25, -0.2) is 0 Å². The normalized spacial score (nSPS) is 15.5. The van der Waals surface area contributed by atoms with Crippen molar-refractivity contribution in [1.29, 1.82) is 0 Å². The van der Waals surface area contributed by atoms with E-state index < -0.39 is 5.60 Å². The highest BCUT2D eigenvalue weighted by molar-refractivity contribution is 7.99. The predicted octanol–water partition coefficient (Wildman–Crippen LogP) is 3.98. The lowest BCUT2D eigenvalue weighted by atomic mass is 9.91. The zero-order valence-corrected chi connectivity index (χ0v) is 17.1. The first kappa shape index (κ1) is 21.6. The summed E-state index contributed by atoms with van der Waals surface area (Å²) < 4.78 is 10.7. The molecule has 3 rings (SSSR count). The summed E-state index contributed by atoms with van der Waals surface area (Å²) in [6, 6.07) is 15.8. The minimum absolute atomic E-state index is 0. The van der Waals surface area contributed by atoms with Crippen LogP contribution in [-0.2, 0) is 9.53 Å². The summed E-state index contributed by atoms with van der Waals surface area (Å²) in [5, 5.41) is 6.25. The van der Waals surface area contributed by atoms with Crippen molar-refractivity contribution >= 4 is 35.8 Å². The summed E-state index contributed by atoms with van der Waals surface area (Å²) in [6.07, 6.45) is 1.36. The smallest absolute Gasteiger partial charge is 0.256 e. The van der Waals surface area contributed by atoms with Gasteiger partial charge in [-0.05, 0) is 74.5 Å². The highest BCUT2D eigenvalue weighted by Crippen LogP contribution is 2.30. The van der Waals surface area contributed by atoms with E-state index in [-0.39, 0.29) is 18.3 Å². The minimum atomic E-state index is -0.734. The quantitative estimate of drug-likeness (QED) is 0.757. The summed E-state index contributed by atoms with van der Waals surface area (Å²) in [4.78, 5) is 14.9. The molecule has 0 bridgehead atoms. The average Bonchev–Trinajstić information content (AvgIpc) is 2.70. The third-order valence-corrected chi connectivity index (χ3v) is 5.64. The average molecular weight is 409 g/mol. The van der Waals surface area contributed by atoms with E-state index >= 15 is 0 Å². The maximum atomic E-state index is 12.7. The fraction of sp³-hybridized carbons (Fsp3) is 0.350. The Balaban J connectivity index is 0.00000261. The van der Waals surface area contributed by atoms with Gasteiger partial charge in [0.25, 0.3) is 5.91 Å². The Labute approximate surface area is 170 Å². The minimum Gasteiger partial charge on any atom is -0.497 e. The van der Waals surface area contributed by atoms with Crippen LogP contribution in [-0.4, -0.2) is 38.8 Å². The van der Waals surface area contributed by atoms with Crippen LogP contribution in [0.25, 0.3) is 0 Å². The monoisotopic (exact) mass is 408 g/mol. The summed E-state index contributed by atoms with van der Waals surface area (Å²) >= 11 is 1.66. The van der Waals surface area contributed by atoms with Gasteiger partial charge in [0.2, 0.25) is 0 Å². The fourth-order valence-corrected chi connectivity index (χ4v) is 3.80. The van der Waals surface area contributed by atoms with Crippen molar-refractivity contribution < 1.29 is 14.3 Å². The largest absolute Gasteiger partial charge is 0.497 e. The number of halogens is 1. The highest BCUT2D eigenvalue weighted by atomic mass is 35.5. The van der Waals surface area contributed by atoms with Gasteiger partial charge in [-0.15, -0.1) is 12.4 Å². The van der Waals surface area contributed by atoms with Gasteiger partial charge in [0.05, 0.1) is 7.11 Å². The molecule has 1 amide bonds. The molecule has 0 atom stereocenters. The van der Waals surface area contributed by atoms with Crippen LogP contribution < -0.4 is 15.4 Å². The highest BCUT2D eigenvalue weighted by Gasteiger charge is 2.39. The van der Waals surface area contributed by atoms with Crippen LogP contribution in [0.2, 0.25) is 0 Å². The Bertz CT molecular complexity index is 732. The summed E-state index contributed by atoms with van der Waals surface area (Å²) in [7, 11) is 3.27. The number of carbonyl (C=O) groups excluding carboxylic acids is 1. The summed E-state index contributed by atoms with van der Waals surface area (Å²) in [5.41, 5.74) is 0.0472. The number of anilines is 1. The van der Waals surface area contributed by atoms with Gasteiger partial charge in [0, 0.05) is 22.6 Å². The molecule has 1 aliphatic rings. The van der Waals surface area contributed by atoms with E-state index in [0.29, 0.717) is 12.8 Å². The zero-order chi connectivity index (χ0) is 18.4. The first-order chi connectivity index (χ1) is 12.6. The second-order valence-electron chi connectivity index (χ2n) is 6.20. The summed E-state index contributed by atoms with van der Waals surface area (Å²) in [5.74, 6) is 0.773. The molecular formula is C20H25ClN2O3S. The van der Waals surface area contributed by atoms with E-state index in [9.17, 15) is 4.79 Å². The van der Waals surface area contributed by atoms with Crippen molar-refractivity contribution in [2.24, 2.45) is 0 Å². The molecule has 0 aromatic heterocycles.